The van der Waals surface area contributed by atoms with E-state index in [1.807, 2.05) is 41.8 Å². The lowest BCUT2D eigenvalue weighted by atomic mass is 9.89. The predicted molar refractivity (Wildman–Crippen MR) is 135 cm³/mol. The Labute approximate surface area is 208 Å². The molecule has 0 spiro atoms. The van der Waals surface area contributed by atoms with Gasteiger partial charge in [-0.1, -0.05) is 24.3 Å². The van der Waals surface area contributed by atoms with Crippen LogP contribution in [-0.2, 0) is 29.0 Å². The van der Waals surface area contributed by atoms with Gasteiger partial charge in [-0.15, -0.1) is 11.3 Å². The second-order valence-corrected chi connectivity index (χ2v) is 9.80. The summed E-state index contributed by atoms with van der Waals surface area (Å²) in [6.45, 7) is 0.189. The zero-order valence-electron chi connectivity index (χ0n) is 19.7. The average Bonchev–Trinajstić information content (AvgIpc) is 3.50. The molecule has 2 aliphatic rings. The van der Waals surface area contributed by atoms with Crippen molar-refractivity contribution in [3.05, 3.63) is 86.6 Å². The maximum Gasteiger partial charge on any atom is 0.295 e. The Bertz CT molecular complexity index is 1310. The van der Waals surface area contributed by atoms with E-state index >= 15 is 0 Å². The molecule has 2 heterocycles. The molecule has 0 radical (unpaired) electrons. The molecule has 3 aromatic rings. The largest absolute Gasteiger partial charge is 0.507 e. The number of nitrogens with zero attached hydrogens (tertiary/aromatic N) is 1. The van der Waals surface area contributed by atoms with E-state index in [1.165, 1.54) is 27.4 Å². The van der Waals surface area contributed by atoms with E-state index in [4.69, 9.17) is 9.47 Å². The van der Waals surface area contributed by atoms with Crippen LogP contribution in [0.3, 0.4) is 0 Å². The molecule has 180 valence electrons. The summed E-state index contributed by atoms with van der Waals surface area (Å²) in [7, 11) is 3.12. The van der Waals surface area contributed by atoms with Crippen molar-refractivity contribution in [3.8, 4) is 11.5 Å². The number of methoxy groups -OCH3 is 2. The van der Waals surface area contributed by atoms with Gasteiger partial charge in [0.1, 0.15) is 5.76 Å². The number of ketones is 1. The molecule has 5 rings (SSSR count). The molecule has 1 aliphatic carbocycles. The van der Waals surface area contributed by atoms with Gasteiger partial charge in [0.2, 0.25) is 0 Å². The van der Waals surface area contributed by atoms with Gasteiger partial charge in [0.05, 0.1) is 25.8 Å². The standard InChI is InChI=1S/C28H27NO5S/c1-33-21-12-9-17(14-22(21)34-2)16-29-25(23-8-5-13-35-23)24(27(31)28(29)32)26(30)20-11-10-18-6-3-4-7-19(18)15-20/h5,8-15,25,30H,3-4,6-7,16H2,1-2H3/b26-24-. The lowest BCUT2D eigenvalue weighted by Gasteiger charge is -2.24. The first-order valence-electron chi connectivity index (χ1n) is 11.7. The molecule has 2 aromatic carbocycles. The summed E-state index contributed by atoms with van der Waals surface area (Å²) >= 11 is 1.46. The first kappa shape index (κ1) is 23.2. The van der Waals surface area contributed by atoms with Gasteiger partial charge in [-0.3, -0.25) is 9.59 Å². The van der Waals surface area contributed by atoms with Crippen molar-refractivity contribution < 1.29 is 24.2 Å². The van der Waals surface area contributed by atoms with Gasteiger partial charge in [-0.25, -0.2) is 0 Å². The number of Topliss-reactive ketones (excluding diaryl/α,β-unsaturated/α-hetero) is 1. The Morgan fingerprint density at radius 2 is 1.77 bits per heavy atom. The fourth-order valence-corrected chi connectivity index (χ4v) is 5.84. The van der Waals surface area contributed by atoms with Gasteiger partial charge in [0, 0.05) is 17.0 Å². The van der Waals surface area contributed by atoms with Gasteiger partial charge in [-0.05, 0) is 72.0 Å². The van der Waals surface area contributed by atoms with Crippen LogP contribution < -0.4 is 9.47 Å². The fraction of sp³-hybridized carbons (Fsp3) is 0.286. The number of amides is 1. The van der Waals surface area contributed by atoms with Crippen molar-refractivity contribution in [2.75, 3.05) is 14.2 Å². The molecule has 1 atom stereocenters. The second-order valence-electron chi connectivity index (χ2n) is 8.82. The van der Waals surface area contributed by atoms with Crippen LogP contribution in [0.5, 0.6) is 11.5 Å². The van der Waals surface area contributed by atoms with Gasteiger partial charge in [0.25, 0.3) is 11.7 Å². The Balaban J connectivity index is 1.57. The van der Waals surface area contributed by atoms with Crippen molar-refractivity contribution in [1.82, 2.24) is 4.90 Å². The maximum atomic E-state index is 13.3. The van der Waals surface area contributed by atoms with E-state index < -0.39 is 17.7 Å². The quantitative estimate of drug-likeness (QED) is 0.290. The number of carbonyl (C=O) groups excluding carboxylic acids is 2. The van der Waals surface area contributed by atoms with Crippen LogP contribution in [-0.4, -0.2) is 35.9 Å². The minimum atomic E-state index is -0.668. The molecular formula is C28H27NO5S. The van der Waals surface area contributed by atoms with Crippen LogP contribution in [0.2, 0.25) is 0 Å². The van der Waals surface area contributed by atoms with E-state index in [-0.39, 0.29) is 17.9 Å². The number of thiophene rings is 1. The minimum absolute atomic E-state index is 0.120. The maximum absolute atomic E-state index is 13.3. The highest BCUT2D eigenvalue weighted by molar-refractivity contribution is 7.10. The third-order valence-electron chi connectivity index (χ3n) is 6.78. The first-order valence-corrected chi connectivity index (χ1v) is 12.5. The van der Waals surface area contributed by atoms with Crippen LogP contribution >= 0.6 is 11.3 Å². The summed E-state index contributed by atoms with van der Waals surface area (Å²) in [6.07, 6.45) is 4.26. The van der Waals surface area contributed by atoms with Gasteiger partial charge >= 0.3 is 0 Å². The van der Waals surface area contributed by atoms with E-state index in [0.717, 1.165) is 36.1 Å². The summed E-state index contributed by atoms with van der Waals surface area (Å²) in [4.78, 5) is 28.9. The highest BCUT2D eigenvalue weighted by Gasteiger charge is 2.46. The summed E-state index contributed by atoms with van der Waals surface area (Å²) in [5.41, 5.74) is 3.99. The van der Waals surface area contributed by atoms with Gasteiger partial charge in [-0.2, -0.15) is 0 Å². The van der Waals surface area contributed by atoms with Crippen molar-refractivity contribution in [1.29, 1.82) is 0 Å². The third-order valence-corrected chi connectivity index (χ3v) is 7.70. The number of carbonyl (C=O) groups is 2. The number of aliphatic hydroxyl groups is 1. The number of aryl methyl sites for hydroxylation is 2. The molecule has 7 heteroatoms. The highest BCUT2D eigenvalue weighted by atomic mass is 32.1. The highest BCUT2D eigenvalue weighted by Crippen LogP contribution is 2.42. The zero-order valence-corrected chi connectivity index (χ0v) is 20.6. The molecule has 6 nitrogen and oxygen atoms in total. The molecule has 1 unspecified atom stereocenters. The van der Waals surface area contributed by atoms with Gasteiger partial charge < -0.3 is 19.5 Å². The number of hydrogen-bond donors (Lipinski definition) is 1. The van der Waals surface area contributed by atoms with Crippen LogP contribution in [0.4, 0.5) is 0 Å². The molecule has 1 fully saturated rings. The van der Waals surface area contributed by atoms with Crippen LogP contribution in [0.15, 0.2) is 59.5 Å². The number of fused-ring (bicyclic) bond motifs is 1. The molecule has 1 saturated heterocycles. The second kappa shape index (κ2) is 9.58. The van der Waals surface area contributed by atoms with Crippen molar-refractivity contribution in [2.45, 2.75) is 38.3 Å². The Hall–Kier alpha value is -3.58. The smallest absolute Gasteiger partial charge is 0.295 e. The van der Waals surface area contributed by atoms with Crippen molar-refractivity contribution >= 4 is 28.8 Å². The summed E-state index contributed by atoms with van der Waals surface area (Å²) < 4.78 is 10.7. The van der Waals surface area contributed by atoms with E-state index in [1.54, 1.807) is 26.4 Å². The number of benzene rings is 2. The lowest BCUT2D eigenvalue weighted by molar-refractivity contribution is -0.140. The minimum Gasteiger partial charge on any atom is -0.507 e. The summed E-state index contributed by atoms with van der Waals surface area (Å²) in [5.74, 6) is -0.287. The van der Waals surface area contributed by atoms with Crippen molar-refractivity contribution in [2.24, 2.45) is 0 Å². The summed E-state index contributed by atoms with van der Waals surface area (Å²) in [5, 5.41) is 13.3. The Morgan fingerprint density at radius 3 is 2.49 bits per heavy atom. The molecule has 1 N–H and O–H groups in total. The summed E-state index contributed by atoms with van der Waals surface area (Å²) in [6, 6.07) is 14.4. The van der Waals surface area contributed by atoms with E-state index in [0.29, 0.717) is 17.1 Å². The third kappa shape index (κ3) is 4.21. The van der Waals surface area contributed by atoms with Crippen molar-refractivity contribution in [3.63, 3.8) is 0 Å². The number of rotatable bonds is 6. The number of likely N-dealkylation sites (tertiary alicyclic amines) is 1. The molecule has 1 amide bonds. The first-order chi connectivity index (χ1) is 17.0. The normalized spacial score (nSPS) is 19.0. The zero-order chi connectivity index (χ0) is 24.5. The van der Waals surface area contributed by atoms with E-state index in [2.05, 4.69) is 0 Å². The van der Waals surface area contributed by atoms with Crippen LogP contribution in [0.1, 0.15) is 46.0 Å². The van der Waals surface area contributed by atoms with E-state index in [9.17, 15) is 14.7 Å². The molecule has 0 bridgehead atoms. The van der Waals surface area contributed by atoms with Gasteiger partial charge in [0.15, 0.2) is 11.5 Å². The number of hydrogen-bond acceptors (Lipinski definition) is 6. The molecule has 35 heavy (non-hydrogen) atoms. The monoisotopic (exact) mass is 489 g/mol. The SMILES string of the molecule is COc1ccc(CN2C(=O)C(=O)/C(=C(\O)c3ccc4c(c3)CCCC4)C2c2cccs2)cc1OC. The van der Waals surface area contributed by atoms with Crippen LogP contribution in [0, 0.1) is 0 Å². The Morgan fingerprint density at radius 1 is 1.00 bits per heavy atom. The Kier molecular flexibility index (Phi) is 6.34. The number of ether oxygens (including phenoxy) is 2. The molecular weight excluding hydrogens is 462 g/mol. The predicted octanol–water partition coefficient (Wildman–Crippen LogP) is 5.27. The fourth-order valence-electron chi connectivity index (χ4n) is 5.00. The lowest BCUT2D eigenvalue weighted by Crippen LogP contribution is -2.28. The van der Waals surface area contributed by atoms with Crippen LogP contribution in [0.25, 0.3) is 5.76 Å². The topological polar surface area (TPSA) is 76.1 Å². The molecule has 0 saturated carbocycles. The molecule has 1 aromatic heterocycles. The number of aliphatic hydroxyl groups excluding tert-OH is 1. The molecule has 1 aliphatic heterocycles. The average molecular weight is 490 g/mol.